The van der Waals surface area contributed by atoms with Gasteiger partial charge in [-0.15, -0.1) is 0 Å². The fraction of sp³-hybridized carbons (Fsp3) is 0.423. The van der Waals surface area contributed by atoms with Crippen LogP contribution in [-0.2, 0) is 14.2 Å². The van der Waals surface area contributed by atoms with Gasteiger partial charge in [0, 0.05) is 17.7 Å². The van der Waals surface area contributed by atoms with E-state index in [1.54, 1.807) is 0 Å². The first-order chi connectivity index (χ1) is 19.4. The van der Waals surface area contributed by atoms with Crippen molar-refractivity contribution in [1.82, 2.24) is 0 Å². The number of hydrogen-bond acceptors (Lipinski definition) is 15. The predicted octanol–water partition coefficient (Wildman–Crippen LogP) is -1.05. The molecule has 2 fully saturated rings. The van der Waals surface area contributed by atoms with Crippen LogP contribution >= 0.6 is 0 Å². The lowest BCUT2D eigenvalue weighted by molar-refractivity contribution is -0.344. The Morgan fingerprint density at radius 2 is 1.56 bits per heavy atom. The highest BCUT2D eigenvalue weighted by atomic mass is 16.8. The van der Waals surface area contributed by atoms with Gasteiger partial charge in [-0.05, 0) is 25.1 Å². The van der Waals surface area contributed by atoms with E-state index in [0.29, 0.717) is 0 Å². The van der Waals surface area contributed by atoms with Crippen molar-refractivity contribution in [2.75, 3.05) is 6.61 Å². The quantitative estimate of drug-likeness (QED) is 0.163. The molecule has 5 rings (SSSR count). The van der Waals surface area contributed by atoms with Gasteiger partial charge in [0.15, 0.2) is 29.7 Å². The molecule has 0 unspecified atom stereocenters. The van der Waals surface area contributed by atoms with Crippen LogP contribution in [0.2, 0.25) is 0 Å². The third-order valence-corrected chi connectivity index (χ3v) is 6.92. The Morgan fingerprint density at radius 3 is 2.27 bits per heavy atom. The summed E-state index contributed by atoms with van der Waals surface area (Å²) in [6.45, 7) is 0.904. The molecule has 2 saturated heterocycles. The lowest BCUT2D eigenvalue weighted by Crippen LogP contribution is -2.62. The van der Waals surface area contributed by atoms with E-state index < -0.39 is 101 Å². The molecule has 0 saturated carbocycles. The number of aliphatic hydroxyl groups excluding tert-OH is 5. The van der Waals surface area contributed by atoms with E-state index in [2.05, 4.69) is 0 Å². The van der Waals surface area contributed by atoms with Crippen molar-refractivity contribution in [2.45, 2.75) is 62.2 Å². The van der Waals surface area contributed by atoms with E-state index in [-0.39, 0.29) is 16.9 Å². The van der Waals surface area contributed by atoms with Gasteiger partial charge in [0.25, 0.3) is 0 Å². The standard InChI is InChI=1S/C26H28O15/c1-8-17(32)20(35)21(36)25(38-8)41-24-18(33)14(31)7-37-26(24)40-23-19(34)16-13(30)5-10(27)6-15(16)39-22(23)9-2-3-11(28)12(29)4-9/h2-6,8,14,17-18,20-21,24-33,35-36H,7H2,1H3/t8-,14-,17-,18-,20+,21+,24+,25-,26-/m0/s1. The zero-order valence-electron chi connectivity index (χ0n) is 21.3. The summed E-state index contributed by atoms with van der Waals surface area (Å²) in [5.41, 5.74) is -1.24. The Kier molecular flexibility index (Phi) is 7.71. The van der Waals surface area contributed by atoms with Gasteiger partial charge in [-0.25, -0.2) is 0 Å². The summed E-state index contributed by atoms with van der Waals surface area (Å²) in [6.07, 6.45) is -14.2. The molecule has 0 aliphatic carbocycles. The van der Waals surface area contributed by atoms with Crippen molar-refractivity contribution < 1.29 is 69.3 Å². The average molecular weight is 580 g/mol. The molecule has 9 N–H and O–H groups in total. The van der Waals surface area contributed by atoms with E-state index in [4.69, 9.17) is 23.4 Å². The van der Waals surface area contributed by atoms with E-state index in [0.717, 1.165) is 24.3 Å². The number of aromatic hydroxyl groups is 4. The van der Waals surface area contributed by atoms with Gasteiger partial charge in [-0.3, -0.25) is 4.79 Å². The van der Waals surface area contributed by atoms with Gasteiger partial charge < -0.3 is 69.3 Å². The fourth-order valence-electron chi connectivity index (χ4n) is 4.64. The highest BCUT2D eigenvalue weighted by Crippen LogP contribution is 2.39. The largest absolute Gasteiger partial charge is 0.508 e. The van der Waals surface area contributed by atoms with Gasteiger partial charge >= 0.3 is 0 Å². The van der Waals surface area contributed by atoms with Crippen molar-refractivity contribution in [2.24, 2.45) is 0 Å². The molecule has 3 aromatic rings. The second-order valence-corrected chi connectivity index (χ2v) is 9.79. The van der Waals surface area contributed by atoms with Gasteiger partial charge in [-0.1, -0.05) is 0 Å². The number of rotatable bonds is 5. The minimum absolute atomic E-state index is 0.00274. The molecule has 15 heteroatoms. The van der Waals surface area contributed by atoms with E-state index in [1.165, 1.54) is 13.0 Å². The monoisotopic (exact) mass is 580 g/mol. The first kappa shape index (κ1) is 28.8. The van der Waals surface area contributed by atoms with E-state index in [9.17, 15) is 50.8 Å². The van der Waals surface area contributed by atoms with Gasteiger partial charge in [-0.2, -0.15) is 0 Å². The van der Waals surface area contributed by atoms with Crippen molar-refractivity contribution in [3.63, 3.8) is 0 Å². The molecule has 0 bridgehead atoms. The SMILES string of the molecule is C[C@@H]1O[C@@H](O[C@H]2[C@H](Oc3c(-c4ccc(O)c(O)c4)oc4cc(O)cc(O)c4c3=O)OC[C@H](O)[C@@H]2O)[C@H](O)[C@H](O)[C@H]1O. The van der Waals surface area contributed by atoms with Gasteiger partial charge in [0.05, 0.1) is 12.7 Å². The van der Waals surface area contributed by atoms with Crippen LogP contribution in [0.5, 0.6) is 28.7 Å². The number of ether oxygens (including phenoxy) is 4. The molecule has 15 nitrogen and oxygen atoms in total. The van der Waals surface area contributed by atoms with Crippen LogP contribution in [-0.4, -0.2) is 108 Å². The van der Waals surface area contributed by atoms with Crippen molar-refractivity contribution in [3.8, 4) is 40.1 Å². The zero-order valence-corrected chi connectivity index (χ0v) is 21.3. The average Bonchev–Trinajstić information content (AvgIpc) is 2.92. The predicted molar refractivity (Wildman–Crippen MR) is 134 cm³/mol. The first-order valence-corrected chi connectivity index (χ1v) is 12.4. The summed E-state index contributed by atoms with van der Waals surface area (Å²) in [6, 6.07) is 5.36. The minimum Gasteiger partial charge on any atom is -0.508 e. The number of phenols is 4. The summed E-state index contributed by atoms with van der Waals surface area (Å²) < 4.78 is 28.2. The molecule has 9 atom stereocenters. The summed E-state index contributed by atoms with van der Waals surface area (Å²) in [5, 5.41) is 91.2. The lowest BCUT2D eigenvalue weighted by atomic mass is 9.99. The topological polar surface area (TPSA) is 249 Å². The molecule has 0 spiro atoms. The van der Waals surface area contributed by atoms with E-state index in [1.807, 2.05) is 0 Å². The third kappa shape index (κ3) is 5.25. The van der Waals surface area contributed by atoms with Crippen LogP contribution in [0.1, 0.15) is 6.92 Å². The van der Waals surface area contributed by atoms with Crippen LogP contribution in [0.3, 0.4) is 0 Å². The summed E-state index contributed by atoms with van der Waals surface area (Å²) >= 11 is 0. The molecule has 0 radical (unpaired) electrons. The van der Waals surface area contributed by atoms with Crippen molar-refractivity contribution in [3.05, 3.63) is 40.6 Å². The second-order valence-electron chi connectivity index (χ2n) is 9.79. The van der Waals surface area contributed by atoms with Crippen LogP contribution in [0.15, 0.2) is 39.5 Å². The minimum atomic E-state index is -1.79. The van der Waals surface area contributed by atoms with Crippen molar-refractivity contribution >= 4 is 11.0 Å². The Labute approximate surface area is 230 Å². The molecule has 2 aliphatic rings. The maximum atomic E-state index is 13.6. The Balaban J connectivity index is 1.59. The molecule has 222 valence electrons. The maximum absolute atomic E-state index is 13.6. The Bertz CT molecular complexity index is 1490. The Morgan fingerprint density at radius 1 is 0.829 bits per heavy atom. The first-order valence-electron chi connectivity index (χ1n) is 12.4. The zero-order chi connectivity index (χ0) is 29.7. The highest BCUT2D eigenvalue weighted by molar-refractivity contribution is 5.88. The van der Waals surface area contributed by atoms with Crippen LogP contribution in [0, 0.1) is 0 Å². The smallest absolute Gasteiger partial charge is 0.239 e. The van der Waals surface area contributed by atoms with Crippen LogP contribution in [0.4, 0.5) is 0 Å². The number of fused-ring (bicyclic) bond motifs is 1. The summed E-state index contributed by atoms with van der Waals surface area (Å²) in [4.78, 5) is 13.6. The van der Waals surface area contributed by atoms with Crippen molar-refractivity contribution in [1.29, 1.82) is 0 Å². The van der Waals surface area contributed by atoms with Gasteiger partial charge in [0.1, 0.15) is 53.0 Å². The van der Waals surface area contributed by atoms with Gasteiger partial charge in [0.2, 0.25) is 17.5 Å². The third-order valence-electron chi connectivity index (χ3n) is 6.92. The molecule has 3 heterocycles. The lowest BCUT2D eigenvalue weighted by Gasteiger charge is -2.43. The summed E-state index contributed by atoms with van der Waals surface area (Å²) in [7, 11) is 0. The summed E-state index contributed by atoms with van der Waals surface area (Å²) in [5.74, 6) is -3.14. The molecule has 2 aliphatic heterocycles. The second kappa shape index (κ2) is 11.0. The van der Waals surface area contributed by atoms with Crippen LogP contribution in [0.25, 0.3) is 22.3 Å². The molecule has 2 aromatic carbocycles. The maximum Gasteiger partial charge on any atom is 0.239 e. The molecule has 41 heavy (non-hydrogen) atoms. The normalized spacial score (nSPS) is 32.2. The number of phenolic OH excluding ortho intramolecular Hbond substituents is 4. The number of aliphatic hydroxyl groups is 5. The van der Waals surface area contributed by atoms with E-state index >= 15 is 0 Å². The molecule has 0 amide bonds. The molecular weight excluding hydrogens is 552 g/mol. The fourth-order valence-corrected chi connectivity index (χ4v) is 4.64. The Hall–Kier alpha value is -3.67. The highest BCUT2D eigenvalue weighted by Gasteiger charge is 2.48. The molecular formula is C26H28O15. The number of hydrogen-bond donors (Lipinski definition) is 9. The van der Waals surface area contributed by atoms with Crippen LogP contribution < -0.4 is 10.2 Å². The molecule has 1 aromatic heterocycles. The number of benzene rings is 2.